The van der Waals surface area contributed by atoms with Gasteiger partial charge in [0, 0.05) is 48.4 Å². The molecule has 10 aromatic rings. The largest absolute Gasteiger partial charge is 0.277 e. The quantitative estimate of drug-likeness (QED) is 0.173. The van der Waals surface area contributed by atoms with Gasteiger partial charge >= 0.3 is 0 Å². The molecule has 0 aliphatic heterocycles. The molecule has 0 fully saturated rings. The minimum Gasteiger partial charge on any atom is -0.277 e. The number of anilines is 3. The summed E-state index contributed by atoms with van der Waals surface area (Å²) < 4.78 is 2.44. The van der Waals surface area contributed by atoms with Gasteiger partial charge in [-0.25, -0.2) is 4.98 Å². The van der Waals surface area contributed by atoms with Gasteiger partial charge in [0.1, 0.15) is 0 Å². The van der Waals surface area contributed by atoms with Crippen LogP contribution in [-0.2, 0) is 16.2 Å². The summed E-state index contributed by atoms with van der Waals surface area (Å²) in [4.78, 5) is 19.0. The molecular formula is C60H46N4S. The van der Waals surface area contributed by atoms with Crippen LogP contribution in [0.15, 0.2) is 170 Å². The Bertz CT molecular complexity index is 3660. The van der Waals surface area contributed by atoms with Gasteiger partial charge in [-0.15, -0.1) is 11.3 Å². The molecule has 5 heteroatoms. The van der Waals surface area contributed by atoms with Gasteiger partial charge in [-0.05, 0) is 91.5 Å². The van der Waals surface area contributed by atoms with Crippen molar-refractivity contribution >= 4 is 48.8 Å². The van der Waals surface area contributed by atoms with Gasteiger partial charge < -0.3 is 0 Å². The fraction of sp³-hybridized carbons (Fsp3) is 0.150. The lowest BCUT2D eigenvalue weighted by molar-refractivity contribution is 0.660. The van der Waals surface area contributed by atoms with Crippen LogP contribution in [0.3, 0.4) is 0 Å². The van der Waals surface area contributed by atoms with Crippen LogP contribution < -0.4 is 4.90 Å². The number of benzene rings is 8. The van der Waals surface area contributed by atoms with E-state index in [1.807, 2.05) is 11.3 Å². The van der Waals surface area contributed by atoms with E-state index in [0.29, 0.717) is 17.6 Å². The van der Waals surface area contributed by atoms with Crippen molar-refractivity contribution in [2.75, 3.05) is 4.90 Å². The Morgan fingerprint density at radius 3 is 1.65 bits per heavy atom. The lowest BCUT2D eigenvalue weighted by Gasteiger charge is -2.28. The molecule has 0 spiro atoms. The number of rotatable bonds is 5. The second-order valence-corrected chi connectivity index (χ2v) is 20.7. The van der Waals surface area contributed by atoms with E-state index in [-0.39, 0.29) is 16.2 Å². The highest BCUT2D eigenvalue weighted by molar-refractivity contribution is 7.26. The summed E-state index contributed by atoms with van der Waals surface area (Å²) in [6.45, 7) is 14.0. The second-order valence-electron chi connectivity index (χ2n) is 19.6. The summed E-state index contributed by atoms with van der Waals surface area (Å²) in [6.07, 6.45) is 0. The molecule has 312 valence electrons. The van der Waals surface area contributed by atoms with Crippen molar-refractivity contribution in [1.29, 1.82) is 0 Å². The first-order valence-corrected chi connectivity index (χ1v) is 23.5. The van der Waals surface area contributed by atoms with Crippen LogP contribution in [0.4, 0.5) is 17.3 Å². The van der Waals surface area contributed by atoms with Crippen molar-refractivity contribution in [3.8, 4) is 56.2 Å². The van der Waals surface area contributed by atoms with Crippen LogP contribution in [-0.4, -0.2) is 15.0 Å². The average molecular weight is 855 g/mol. The fourth-order valence-corrected chi connectivity index (χ4v) is 12.8. The highest BCUT2D eigenvalue weighted by Gasteiger charge is 2.40. The second kappa shape index (κ2) is 13.4. The fourth-order valence-electron chi connectivity index (χ4n) is 11.6. The molecule has 3 aliphatic rings. The third-order valence-electron chi connectivity index (χ3n) is 15.0. The molecule has 2 heterocycles. The van der Waals surface area contributed by atoms with Crippen molar-refractivity contribution in [3.05, 3.63) is 203 Å². The monoisotopic (exact) mass is 854 g/mol. The number of nitrogens with zero attached hydrogens (tertiary/aromatic N) is 4. The van der Waals surface area contributed by atoms with Gasteiger partial charge in [-0.1, -0.05) is 181 Å². The molecule has 13 rings (SSSR count). The predicted molar refractivity (Wildman–Crippen MR) is 271 cm³/mol. The van der Waals surface area contributed by atoms with Crippen LogP contribution in [0, 0.1) is 0 Å². The molecule has 0 atom stereocenters. The molecule has 3 aliphatic carbocycles. The molecule has 0 saturated heterocycles. The Morgan fingerprint density at radius 1 is 0.385 bits per heavy atom. The summed E-state index contributed by atoms with van der Waals surface area (Å²) >= 11 is 1.83. The standard InChI is InChI=1S/C60H46N4S/c1-58(2)45-23-12-8-18-38(45)43-33-35(30-32-47(43)58)55-61-56(36-29-31-39-37-17-7-11-22-44(37)60(5,6)49(39)34-36)63-57(62-55)64(51-27-15-21-41-40-19-10-14-28-52(40)65-54(41)51)50-26-16-25-48-53(50)42-20-9-13-24-46(42)59(48,3)4/h7-34H,1-6H3. The van der Waals surface area contributed by atoms with E-state index >= 15 is 0 Å². The van der Waals surface area contributed by atoms with Crippen molar-refractivity contribution in [1.82, 2.24) is 15.0 Å². The van der Waals surface area contributed by atoms with E-state index in [9.17, 15) is 0 Å². The topological polar surface area (TPSA) is 41.9 Å². The average Bonchev–Trinajstić information content (AvgIpc) is 3.98. The van der Waals surface area contributed by atoms with Crippen molar-refractivity contribution in [2.45, 2.75) is 57.8 Å². The first kappa shape index (κ1) is 38.3. The Labute approximate surface area is 384 Å². The van der Waals surface area contributed by atoms with E-state index in [0.717, 1.165) is 22.5 Å². The van der Waals surface area contributed by atoms with Gasteiger partial charge in [-0.3, -0.25) is 4.90 Å². The van der Waals surface area contributed by atoms with Gasteiger partial charge in [-0.2, -0.15) is 9.97 Å². The lowest BCUT2D eigenvalue weighted by atomic mass is 9.82. The van der Waals surface area contributed by atoms with Crippen LogP contribution in [0.25, 0.3) is 76.3 Å². The SMILES string of the molecule is CC1(C)c2ccccc2-c2cc(-c3nc(-c4ccc5c(c4)C(C)(C)c4ccccc4-5)nc(N(c4cccc5c4-c4ccccc4C5(C)C)c4cccc5c4sc4ccccc45)n3)ccc21. The lowest BCUT2D eigenvalue weighted by Crippen LogP contribution is -2.18. The zero-order valence-corrected chi connectivity index (χ0v) is 38.2. The van der Waals surface area contributed by atoms with Crippen molar-refractivity contribution in [2.24, 2.45) is 0 Å². The summed E-state index contributed by atoms with van der Waals surface area (Å²) in [5.74, 6) is 1.86. The zero-order chi connectivity index (χ0) is 44.0. The van der Waals surface area contributed by atoms with Gasteiger partial charge in [0.05, 0.1) is 16.1 Å². The number of fused-ring (bicyclic) bond motifs is 12. The molecule has 0 N–H and O–H groups in total. The van der Waals surface area contributed by atoms with Crippen LogP contribution in [0.5, 0.6) is 0 Å². The number of thiophene rings is 1. The third kappa shape index (κ3) is 5.33. The molecule has 8 aromatic carbocycles. The first-order valence-electron chi connectivity index (χ1n) is 22.7. The van der Waals surface area contributed by atoms with E-state index in [2.05, 4.69) is 216 Å². The molecular weight excluding hydrogens is 809 g/mol. The molecule has 0 saturated carbocycles. The summed E-state index contributed by atoms with van der Waals surface area (Å²) in [7, 11) is 0. The Balaban J connectivity index is 1.11. The summed E-state index contributed by atoms with van der Waals surface area (Å²) in [5.41, 5.74) is 18.9. The number of hydrogen-bond donors (Lipinski definition) is 0. The van der Waals surface area contributed by atoms with Crippen molar-refractivity contribution < 1.29 is 0 Å². The third-order valence-corrected chi connectivity index (χ3v) is 16.2. The Kier molecular flexibility index (Phi) is 7.90. The maximum Gasteiger partial charge on any atom is 0.238 e. The molecule has 0 radical (unpaired) electrons. The zero-order valence-electron chi connectivity index (χ0n) is 37.4. The van der Waals surface area contributed by atoms with E-state index in [4.69, 9.17) is 15.0 Å². The van der Waals surface area contributed by atoms with Crippen LogP contribution >= 0.6 is 11.3 Å². The van der Waals surface area contributed by atoms with E-state index in [1.54, 1.807) is 0 Å². The first-order chi connectivity index (χ1) is 31.5. The molecule has 0 amide bonds. The highest BCUT2D eigenvalue weighted by Crippen LogP contribution is 2.56. The number of hydrogen-bond acceptors (Lipinski definition) is 5. The molecule has 0 bridgehead atoms. The van der Waals surface area contributed by atoms with Gasteiger partial charge in [0.15, 0.2) is 11.6 Å². The van der Waals surface area contributed by atoms with E-state index in [1.165, 1.54) is 86.9 Å². The smallest absolute Gasteiger partial charge is 0.238 e. The molecule has 0 unspecified atom stereocenters. The highest BCUT2D eigenvalue weighted by atomic mass is 32.1. The van der Waals surface area contributed by atoms with Crippen molar-refractivity contribution in [3.63, 3.8) is 0 Å². The Hall–Kier alpha value is -7.21. The maximum atomic E-state index is 5.62. The number of aromatic nitrogens is 3. The molecule has 2 aromatic heterocycles. The molecule has 65 heavy (non-hydrogen) atoms. The normalized spacial score (nSPS) is 15.3. The van der Waals surface area contributed by atoms with Crippen LogP contribution in [0.1, 0.15) is 74.9 Å². The van der Waals surface area contributed by atoms with Gasteiger partial charge in [0.2, 0.25) is 5.95 Å². The minimum atomic E-state index is -0.198. The van der Waals surface area contributed by atoms with E-state index < -0.39 is 0 Å². The van der Waals surface area contributed by atoms with Gasteiger partial charge in [0.25, 0.3) is 0 Å². The summed E-state index contributed by atoms with van der Waals surface area (Å²) in [6, 6.07) is 62.4. The van der Waals surface area contributed by atoms with Crippen LogP contribution in [0.2, 0.25) is 0 Å². The predicted octanol–water partition coefficient (Wildman–Crippen LogP) is 16.0. The Morgan fingerprint density at radius 2 is 0.892 bits per heavy atom. The minimum absolute atomic E-state index is 0.119. The summed E-state index contributed by atoms with van der Waals surface area (Å²) in [5, 5.41) is 2.47. The maximum absolute atomic E-state index is 5.62. The molecule has 4 nitrogen and oxygen atoms in total.